The first kappa shape index (κ1) is 24.4. The first-order chi connectivity index (χ1) is 14.6. The van der Waals surface area contributed by atoms with E-state index in [4.69, 9.17) is 14.4 Å². The first-order valence-electron chi connectivity index (χ1n) is 11.0. The number of nitrogens with zero attached hydrogens (tertiary/aromatic N) is 3. The van der Waals surface area contributed by atoms with Crippen molar-refractivity contribution in [2.24, 2.45) is 0 Å². The minimum atomic E-state index is -1.31. The molecule has 2 saturated heterocycles. The number of rotatable bonds is 8. The summed E-state index contributed by atoms with van der Waals surface area (Å²) < 4.78 is 12.1. The molecule has 2 aliphatic rings. The van der Waals surface area contributed by atoms with Gasteiger partial charge in [-0.05, 0) is 59.8 Å². The highest BCUT2D eigenvalue weighted by atomic mass is 32.2. The maximum atomic E-state index is 12.3. The molecule has 1 aromatic heterocycles. The second-order valence-electron chi connectivity index (χ2n) is 9.26. The van der Waals surface area contributed by atoms with Gasteiger partial charge in [0.25, 0.3) is 5.91 Å². The third-order valence-corrected chi connectivity index (χ3v) is 7.42. The molecule has 2 fully saturated rings. The van der Waals surface area contributed by atoms with Gasteiger partial charge in [0, 0.05) is 36.2 Å². The topological polar surface area (TPSA) is 105 Å². The minimum absolute atomic E-state index is 0.120. The van der Waals surface area contributed by atoms with Crippen molar-refractivity contribution in [3.05, 3.63) is 12.4 Å². The van der Waals surface area contributed by atoms with Crippen LogP contribution in [0.1, 0.15) is 59.8 Å². The third-order valence-electron chi connectivity index (χ3n) is 6.45. The van der Waals surface area contributed by atoms with E-state index >= 15 is 0 Å². The number of aliphatic hydroxyl groups excluding tert-OH is 2. The van der Waals surface area contributed by atoms with Crippen LogP contribution in [-0.2, 0) is 14.1 Å². The lowest BCUT2D eigenvalue weighted by atomic mass is 9.81. The van der Waals surface area contributed by atoms with Crippen molar-refractivity contribution in [1.29, 1.82) is 0 Å². The zero-order chi connectivity index (χ0) is 22.6. The number of aromatic nitrogens is 2. The average Bonchev–Trinajstić information content (AvgIpc) is 2.97. The van der Waals surface area contributed by atoms with Gasteiger partial charge in [0.2, 0.25) is 0 Å². The van der Waals surface area contributed by atoms with E-state index in [-0.39, 0.29) is 11.9 Å². The van der Waals surface area contributed by atoms with Gasteiger partial charge in [-0.1, -0.05) is 11.8 Å². The van der Waals surface area contributed by atoms with E-state index in [1.54, 1.807) is 29.1 Å². The molecule has 2 aliphatic heterocycles. The Hall–Kier alpha value is -1.20. The van der Waals surface area contributed by atoms with Gasteiger partial charge in [-0.25, -0.2) is 9.97 Å². The van der Waals surface area contributed by atoms with Crippen LogP contribution in [0.15, 0.2) is 17.6 Å². The number of carbonyl (C=O) groups excluding carboxylic acids is 1. The predicted molar refractivity (Wildman–Crippen MR) is 120 cm³/mol. The number of hydrogen-bond donors (Lipinski definition) is 2. The maximum absolute atomic E-state index is 12.3. The summed E-state index contributed by atoms with van der Waals surface area (Å²) in [5.74, 6) is 0.484. The van der Waals surface area contributed by atoms with Crippen LogP contribution in [0.3, 0.4) is 0 Å². The van der Waals surface area contributed by atoms with Crippen molar-refractivity contribution in [3.63, 3.8) is 0 Å². The van der Waals surface area contributed by atoms with Crippen molar-refractivity contribution < 1.29 is 24.3 Å². The number of carbonyl (C=O) groups is 1. The lowest BCUT2D eigenvalue weighted by Gasteiger charge is -2.36. The molecule has 0 aromatic carbocycles. The lowest BCUT2D eigenvalue weighted by Crippen LogP contribution is -2.49. The van der Waals surface area contributed by atoms with Gasteiger partial charge in [-0.15, -0.1) is 0 Å². The molecule has 172 valence electrons. The van der Waals surface area contributed by atoms with Crippen molar-refractivity contribution in [2.45, 2.75) is 88.3 Å². The number of piperidine rings is 1. The highest BCUT2D eigenvalue weighted by Crippen LogP contribution is 2.36. The van der Waals surface area contributed by atoms with Crippen molar-refractivity contribution in [1.82, 2.24) is 14.9 Å². The fourth-order valence-electron chi connectivity index (χ4n) is 3.84. The third kappa shape index (κ3) is 5.79. The molecular formula is C21H34BN3O5S. The zero-order valence-corrected chi connectivity index (χ0v) is 19.7. The smallest absolute Gasteiger partial charge is 0.399 e. The van der Waals surface area contributed by atoms with Gasteiger partial charge in [0.15, 0.2) is 11.3 Å². The Bertz CT molecular complexity index is 733. The fraction of sp³-hybridized carbons (Fsp3) is 0.762. The molecule has 31 heavy (non-hydrogen) atoms. The van der Waals surface area contributed by atoms with Gasteiger partial charge in [0.05, 0.1) is 17.8 Å². The van der Waals surface area contributed by atoms with Gasteiger partial charge in [0.1, 0.15) is 0 Å². The molecular weight excluding hydrogens is 417 g/mol. The number of amides is 1. The molecule has 2 N–H and O–H groups in total. The van der Waals surface area contributed by atoms with Crippen LogP contribution in [0.25, 0.3) is 0 Å². The van der Waals surface area contributed by atoms with Crippen LogP contribution >= 0.6 is 11.8 Å². The van der Waals surface area contributed by atoms with Crippen LogP contribution in [0, 0.1) is 0 Å². The number of hydrogen-bond acceptors (Lipinski definition) is 8. The Kier molecular flexibility index (Phi) is 8.02. The Morgan fingerprint density at radius 3 is 2.52 bits per heavy atom. The van der Waals surface area contributed by atoms with Gasteiger partial charge in [-0.3, -0.25) is 4.79 Å². The monoisotopic (exact) mass is 451 g/mol. The van der Waals surface area contributed by atoms with Crippen molar-refractivity contribution in [2.75, 3.05) is 18.9 Å². The molecule has 0 spiro atoms. The first-order valence-corrected chi connectivity index (χ1v) is 12.0. The van der Waals surface area contributed by atoms with Crippen LogP contribution in [0.2, 0.25) is 0 Å². The average molecular weight is 451 g/mol. The molecule has 0 bridgehead atoms. The van der Waals surface area contributed by atoms with Crippen molar-refractivity contribution >= 4 is 30.3 Å². The number of likely N-dealkylation sites (tertiary alicyclic amines) is 1. The summed E-state index contributed by atoms with van der Waals surface area (Å²) in [4.78, 5) is 22.9. The molecule has 8 nitrogen and oxygen atoms in total. The van der Waals surface area contributed by atoms with Crippen LogP contribution in [-0.4, -0.2) is 80.4 Å². The number of thioether (sulfide) groups is 1. The summed E-state index contributed by atoms with van der Waals surface area (Å²) in [6.07, 6.45) is 6.95. The van der Waals surface area contributed by atoms with E-state index in [1.807, 2.05) is 27.7 Å². The normalized spacial score (nSPS) is 23.7. The molecule has 1 amide bonds. The molecule has 3 rings (SSSR count). The largest absolute Gasteiger partial charge is 0.498 e. The van der Waals surface area contributed by atoms with E-state index in [9.17, 15) is 9.90 Å². The van der Waals surface area contributed by atoms with E-state index in [0.29, 0.717) is 11.7 Å². The molecule has 0 aliphatic carbocycles. The van der Waals surface area contributed by atoms with E-state index in [1.165, 1.54) is 0 Å². The molecule has 0 saturated carbocycles. The van der Waals surface area contributed by atoms with Gasteiger partial charge in [-0.2, -0.15) is 0 Å². The quantitative estimate of drug-likeness (QED) is 0.264. The summed E-state index contributed by atoms with van der Waals surface area (Å²) in [6.45, 7) is 8.19. The highest BCUT2D eigenvalue weighted by Gasteiger charge is 2.51. The highest BCUT2D eigenvalue weighted by molar-refractivity contribution is 7.99. The molecule has 1 aromatic rings. The number of aliphatic hydroxyl groups is 2. The maximum Gasteiger partial charge on any atom is 0.498 e. The Balaban J connectivity index is 1.46. The SMILES string of the molecule is CC1(C)OB(c2cnc(SCCC[C@H]3CCCCN3C(=O)[C@H](O)CO)nc2)OC1(C)C. The molecule has 3 heterocycles. The van der Waals surface area contributed by atoms with Crippen molar-refractivity contribution in [3.8, 4) is 0 Å². The molecule has 0 unspecified atom stereocenters. The van der Waals surface area contributed by atoms with E-state index < -0.39 is 31.0 Å². The van der Waals surface area contributed by atoms with Crippen LogP contribution in [0.5, 0.6) is 0 Å². The Morgan fingerprint density at radius 2 is 1.90 bits per heavy atom. The standard InChI is InChI=1S/C21H34BN3O5S/c1-20(2)21(3,4)30-22(29-20)15-12-23-19(24-13-15)31-11-7-9-16-8-5-6-10-25(16)18(28)17(27)14-26/h12-13,16-17,26-27H,5-11,14H2,1-4H3/t16-,17-/m1/s1. The van der Waals surface area contributed by atoms with Crippen LogP contribution < -0.4 is 5.46 Å². The van der Waals surface area contributed by atoms with Gasteiger partial charge < -0.3 is 24.4 Å². The lowest BCUT2D eigenvalue weighted by molar-refractivity contribution is -0.146. The summed E-state index contributed by atoms with van der Waals surface area (Å²) in [5.41, 5.74) is 0.0149. The second kappa shape index (κ2) is 10.2. The zero-order valence-electron chi connectivity index (χ0n) is 18.9. The summed E-state index contributed by atoms with van der Waals surface area (Å²) in [7, 11) is -0.465. The molecule has 10 heteroatoms. The van der Waals surface area contributed by atoms with Crippen LogP contribution in [0.4, 0.5) is 0 Å². The Morgan fingerprint density at radius 1 is 1.26 bits per heavy atom. The van der Waals surface area contributed by atoms with E-state index in [0.717, 1.165) is 43.3 Å². The summed E-state index contributed by atoms with van der Waals surface area (Å²) in [5, 5.41) is 19.5. The second-order valence-corrected chi connectivity index (χ2v) is 10.3. The summed E-state index contributed by atoms with van der Waals surface area (Å²) >= 11 is 1.58. The van der Waals surface area contributed by atoms with Gasteiger partial charge >= 0.3 is 7.12 Å². The molecule has 2 atom stereocenters. The Labute approximate surface area is 189 Å². The van der Waals surface area contributed by atoms with E-state index in [2.05, 4.69) is 9.97 Å². The summed E-state index contributed by atoms with van der Waals surface area (Å²) in [6, 6.07) is 0.120. The predicted octanol–water partition coefficient (Wildman–Crippen LogP) is 1.38. The fourth-order valence-corrected chi connectivity index (χ4v) is 4.59. The minimum Gasteiger partial charge on any atom is -0.399 e. The molecule has 0 radical (unpaired) electrons.